The number of nitrogens with zero attached hydrogens (tertiary/aromatic N) is 1. The van der Waals surface area contributed by atoms with Gasteiger partial charge in [-0.3, -0.25) is 4.79 Å². The van der Waals surface area contributed by atoms with E-state index in [2.05, 4.69) is 29.6 Å². The second-order valence-corrected chi connectivity index (χ2v) is 5.09. The maximum absolute atomic E-state index is 11.9. The van der Waals surface area contributed by atoms with Crippen LogP contribution in [0, 0.1) is 5.92 Å². The van der Waals surface area contributed by atoms with Crippen LogP contribution in [0.25, 0.3) is 0 Å². The van der Waals surface area contributed by atoms with Gasteiger partial charge in [0.15, 0.2) is 0 Å². The molecule has 0 bridgehead atoms. The number of aromatic nitrogens is 1. The summed E-state index contributed by atoms with van der Waals surface area (Å²) in [5.41, 5.74) is 0.827. The fraction of sp³-hybridized carbons (Fsp3) is 0.692. The lowest BCUT2D eigenvalue weighted by molar-refractivity contribution is -0.122. The van der Waals surface area contributed by atoms with Gasteiger partial charge >= 0.3 is 0 Å². The molecular weight excluding hydrogens is 230 g/mol. The van der Waals surface area contributed by atoms with Crippen LogP contribution in [0.3, 0.4) is 0 Å². The first-order chi connectivity index (χ1) is 8.66. The molecule has 0 radical (unpaired) electrons. The van der Waals surface area contributed by atoms with Gasteiger partial charge in [0.2, 0.25) is 5.91 Å². The van der Waals surface area contributed by atoms with Gasteiger partial charge in [0.1, 0.15) is 6.26 Å². The molecule has 3 atom stereocenters. The van der Waals surface area contributed by atoms with Crippen LogP contribution < -0.4 is 10.6 Å². The van der Waals surface area contributed by atoms with Crippen molar-refractivity contribution in [2.75, 3.05) is 6.54 Å². The Kier molecular flexibility index (Phi) is 4.36. The van der Waals surface area contributed by atoms with E-state index in [1.807, 2.05) is 0 Å². The zero-order valence-electron chi connectivity index (χ0n) is 11.0. The number of nitrogens with one attached hydrogen (secondary N) is 2. The molecule has 0 unspecified atom stereocenters. The van der Waals surface area contributed by atoms with Crippen LogP contribution in [0.5, 0.6) is 0 Å². The second-order valence-electron chi connectivity index (χ2n) is 5.09. The molecule has 1 aromatic heterocycles. The van der Waals surface area contributed by atoms with E-state index in [1.165, 1.54) is 6.26 Å². The average molecular weight is 251 g/mol. The predicted octanol–water partition coefficient (Wildman–Crippen LogP) is 1.11. The lowest BCUT2D eigenvalue weighted by atomic mass is 9.89. The molecule has 1 aromatic rings. The Morgan fingerprint density at radius 3 is 3.11 bits per heavy atom. The minimum absolute atomic E-state index is 0.0883. The van der Waals surface area contributed by atoms with Gasteiger partial charge in [0, 0.05) is 31.0 Å². The van der Waals surface area contributed by atoms with Gasteiger partial charge in [-0.05, 0) is 25.8 Å². The zero-order chi connectivity index (χ0) is 13.0. The van der Waals surface area contributed by atoms with Crippen molar-refractivity contribution in [1.82, 2.24) is 15.8 Å². The molecule has 0 saturated carbocycles. The first kappa shape index (κ1) is 13.1. The quantitative estimate of drug-likeness (QED) is 0.841. The van der Waals surface area contributed by atoms with Crippen molar-refractivity contribution >= 4 is 5.91 Å². The number of hydrogen-bond donors (Lipinski definition) is 2. The molecule has 1 saturated heterocycles. The molecule has 1 aliphatic rings. The Morgan fingerprint density at radius 2 is 2.44 bits per heavy atom. The topological polar surface area (TPSA) is 67.2 Å². The lowest BCUT2D eigenvalue weighted by Gasteiger charge is -2.36. The molecule has 5 nitrogen and oxygen atoms in total. The summed E-state index contributed by atoms with van der Waals surface area (Å²) in [6, 6.07) is 2.36. The number of amides is 1. The highest BCUT2D eigenvalue weighted by Crippen LogP contribution is 2.16. The van der Waals surface area contributed by atoms with E-state index < -0.39 is 0 Å². The SMILES string of the molecule is C[C@@H]1CCN[C@H](C)[C@H]1NC(=O)CCc1ccon1. The van der Waals surface area contributed by atoms with E-state index in [0.717, 1.165) is 18.7 Å². The normalized spacial score (nSPS) is 28.0. The summed E-state index contributed by atoms with van der Waals surface area (Å²) < 4.78 is 4.74. The van der Waals surface area contributed by atoms with Gasteiger partial charge in [-0.1, -0.05) is 12.1 Å². The van der Waals surface area contributed by atoms with Gasteiger partial charge in [-0.25, -0.2) is 0 Å². The molecular formula is C13H21N3O2. The number of rotatable bonds is 4. The molecule has 5 heteroatoms. The Bertz CT molecular complexity index is 368. The molecule has 18 heavy (non-hydrogen) atoms. The van der Waals surface area contributed by atoms with Crippen LogP contribution in [-0.4, -0.2) is 29.7 Å². The highest BCUT2D eigenvalue weighted by Gasteiger charge is 2.28. The van der Waals surface area contributed by atoms with Crippen molar-refractivity contribution in [3.63, 3.8) is 0 Å². The predicted molar refractivity (Wildman–Crippen MR) is 68.0 cm³/mol. The van der Waals surface area contributed by atoms with E-state index in [0.29, 0.717) is 24.8 Å². The molecule has 100 valence electrons. The third-order valence-corrected chi connectivity index (χ3v) is 3.64. The fourth-order valence-corrected chi connectivity index (χ4v) is 2.47. The minimum atomic E-state index is 0.0883. The molecule has 2 rings (SSSR count). The molecule has 1 aliphatic heterocycles. The summed E-state index contributed by atoms with van der Waals surface area (Å²) in [6.45, 7) is 5.35. The van der Waals surface area contributed by atoms with Crippen LogP contribution >= 0.6 is 0 Å². The molecule has 0 aliphatic carbocycles. The van der Waals surface area contributed by atoms with Crippen molar-refractivity contribution in [2.45, 2.75) is 45.2 Å². The van der Waals surface area contributed by atoms with Gasteiger partial charge in [0.25, 0.3) is 0 Å². The van der Waals surface area contributed by atoms with Crippen LogP contribution in [0.1, 0.15) is 32.4 Å². The Labute approximate surface area is 107 Å². The smallest absolute Gasteiger partial charge is 0.220 e. The second kappa shape index (κ2) is 6.00. The summed E-state index contributed by atoms with van der Waals surface area (Å²) >= 11 is 0. The van der Waals surface area contributed by atoms with E-state index in [9.17, 15) is 4.79 Å². The summed E-state index contributed by atoms with van der Waals surface area (Å²) in [5, 5.41) is 10.3. The molecule has 1 amide bonds. The third kappa shape index (κ3) is 3.32. The lowest BCUT2D eigenvalue weighted by Crippen LogP contribution is -2.55. The van der Waals surface area contributed by atoms with E-state index >= 15 is 0 Å². The number of piperidine rings is 1. The van der Waals surface area contributed by atoms with Gasteiger partial charge in [-0.2, -0.15) is 0 Å². The number of aryl methyl sites for hydroxylation is 1. The largest absolute Gasteiger partial charge is 0.365 e. The Balaban J connectivity index is 1.79. The van der Waals surface area contributed by atoms with Gasteiger partial charge < -0.3 is 15.2 Å². The first-order valence-corrected chi connectivity index (χ1v) is 6.59. The Hall–Kier alpha value is -1.36. The first-order valence-electron chi connectivity index (χ1n) is 6.59. The van der Waals surface area contributed by atoms with Gasteiger partial charge in [-0.15, -0.1) is 0 Å². The highest BCUT2D eigenvalue weighted by atomic mass is 16.5. The summed E-state index contributed by atoms with van der Waals surface area (Å²) in [6.07, 6.45) is 3.73. The standard InChI is InChI=1S/C13H21N3O2/c1-9-5-7-14-10(2)13(9)15-12(17)4-3-11-6-8-18-16-11/h6,8-10,13-14H,3-5,7H2,1-2H3,(H,15,17)/t9-,10-,13+/m1/s1. The van der Waals surface area contributed by atoms with E-state index in [4.69, 9.17) is 4.52 Å². The zero-order valence-corrected chi connectivity index (χ0v) is 11.0. The van der Waals surface area contributed by atoms with Gasteiger partial charge in [0.05, 0.1) is 5.69 Å². The number of carbonyl (C=O) groups excluding carboxylic acids is 1. The van der Waals surface area contributed by atoms with Crippen molar-refractivity contribution in [3.05, 3.63) is 18.0 Å². The number of carbonyl (C=O) groups is 1. The summed E-state index contributed by atoms with van der Waals surface area (Å²) in [4.78, 5) is 11.9. The maximum Gasteiger partial charge on any atom is 0.220 e. The van der Waals surface area contributed by atoms with Crippen molar-refractivity contribution < 1.29 is 9.32 Å². The van der Waals surface area contributed by atoms with Crippen LogP contribution in [-0.2, 0) is 11.2 Å². The third-order valence-electron chi connectivity index (χ3n) is 3.64. The summed E-state index contributed by atoms with van der Waals surface area (Å²) in [7, 11) is 0. The maximum atomic E-state index is 11.9. The highest BCUT2D eigenvalue weighted by molar-refractivity contribution is 5.76. The average Bonchev–Trinajstić information content (AvgIpc) is 2.84. The Morgan fingerprint density at radius 1 is 1.61 bits per heavy atom. The van der Waals surface area contributed by atoms with Crippen LogP contribution in [0.2, 0.25) is 0 Å². The van der Waals surface area contributed by atoms with Crippen LogP contribution in [0.4, 0.5) is 0 Å². The molecule has 2 heterocycles. The van der Waals surface area contributed by atoms with Crippen LogP contribution in [0.15, 0.2) is 16.9 Å². The fourth-order valence-electron chi connectivity index (χ4n) is 2.47. The van der Waals surface area contributed by atoms with E-state index in [-0.39, 0.29) is 11.9 Å². The summed E-state index contributed by atoms with van der Waals surface area (Å²) in [5.74, 6) is 0.614. The van der Waals surface area contributed by atoms with Crippen molar-refractivity contribution in [3.8, 4) is 0 Å². The minimum Gasteiger partial charge on any atom is -0.365 e. The van der Waals surface area contributed by atoms with Crippen molar-refractivity contribution in [2.24, 2.45) is 5.92 Å². The molecule has 0 aromatic carbocycles. The number of hydrogen-bond acceptors (Lipinski definition) is 4. The van der Waals surface area contributed by atoms with E-state index in [1.54, 1.807) is 6.07 Å². The van der Waals surface area contributed by atoms with Crippen molar-refractivity contribution in [1.29, 1.82) is 0 Å². The molecule has 1 fully saturated rings. The monoisotopic (exact) mass is 251 g/mol. The molecule has 0 spiro atoms. The molecule has 2 N–H and O–H groups in total.